The summed E-state index contributed by atoms with van der Waals surface area (Å²) in [4.78, 5) is 6.63. The summed E-state index contributed by atoms with van der Waals surface area (Å²) >= 11 is 1.78. The van der Waals surface area contributed by atoms with Crippen molar-refractivity contribution in [2.24, 2.45) is 4.99 Å². The molecule has 2 heterocycles. The third kappa shape index (κ3) is 5.60. The fourth-order valence-electron chi connectivity index (χ4n) is 2.69. The maximum atomic E-state index is 12.2. The molecule has 0 unspecified atom stereocenters. The van der Waals surface area contributed by atoms with Gasteiger partial charge in [-0.3, -0.25) is 4.99 Å². The van der Waals surface area contributed by atoms with E-state index in [0.29, 0.717) is 18.5 Å². The highest BCUT2D eigenvalue weighted by molar-refractivity contribution is 7.92. The van der Waals surface area contributed by atoms with Gasteiger partial charge >= 0.3 is 0 Å². The van der Waals surface area contributed by atoms with Crippen molar-refractivity contribution >= 4 is 32.1 Å². The number of aliphatic imine (C=N–C) groups is 1. The van der Waals surface area contributed by atoms with Gasteiger partial charge < -0.3 is 15.5 Å². The molecule has 1 fully saturated rings. The van der Waals surface area contributed by atoms with Gasteiger partial charge in [-0.05, 0) is 51.1 Å². The number of nitrogens with one attached hydrogen (secondary N) is 2. The van der Waals surface area contributed by atoms with Gasteiger partial charge in [0.2, 0.25) is 0 Å². The average molecular weight is 387 g/mol. The third-order valence-electron chi connectivity index (χ3n) is 4.47. The maximum absolute atomic E-state index is 12.2. The molecule has 1 aromatic rings. The number of sulfone groups is 1. The van der Waals surface area contributed by atoms with Gasteiger partial charge in [0.25, 0.3) is 0 Å². The molecule has 0 saturated carbocycles. The van der Waals surface area contributed by atoms with E-state index >= 15 is 0 Å². The molecule has 1 aliphatic rings. The molecule has 8 heteroatoms. The minimum absolute atomic E-state index is 0.105. The first kappa shape index (κ1) is 20.0. The molecule has 0 amide bonds. The summed E-state index contributed by atoms with van der Waals surface area (Å²) < 4.78 is 23.6. The quantitative estimate of drug-likeness (QED) is 0.599. The van der Waals surface area contributed by atoms with E-state index in [4.69, 9.17) is 0 Å². The third-order valence-corrected chi connectivity index (χ3v) is 8.01. The molecular weight excluding hydrogens is 356 g/mol. The number of anilines is 1. The SMILES string of the molecule is CN=C(NCCS(=O)(=O)C(C)(C)C)NC1CCN(c2cccs2)CC1. The van der Waals surface area contributed by atoms with Crippen LogP contribution in [0.1, 0.15) is 33.6 Å². The Morgan fingerprint density at radius 3 is 2.56 bits per heavy atom. The first-order valence-corrected chi connectivity index (χ1v) is 11.2. The first-order chi connectivity index (χ1) is 11.7. The Morgan fingerprint density at radius 2 is 2.04 bits per heavy atom. The van der Waals surface area contributed by atoms with Gasteiger partial charge in [-0.25, -0.2) is 8.42 Å². The van der Waals surface area contributed by atoms with Crippen LogP contribution in [0.25, 0.3) is 0 Å². The van der Waals surface area contributed by atoms with E-state index in [0.717, 1.165) is 25.9 Å². The van der Waals surface area contributed by atoms with E-state index in [1.165, 1.54) is 5.00 Å². The molecule has 0 bridgehead atoms. The van der Waals surface area contributed by atoms with Crippen LogP contribution >= 0.6 is 11.3 Å². The van der Waals surface area contributed by atoms with Crippen LogP contribution < -0.4 is 15.5 Å². The van der Waals surface area contributed by atoms with Crippen LogP contribution in [0.2, 0.25) is 0 Å². The summed E-state index contributed by atoms with van der Waals surface area (Å²) in [6.45, 7) is 7.61. The Morgan fingerprint density at radius 1 is 1.36 bits per heavy atom. The second-order valence-electron chi connectivity index (χ2n) is 7.29. The Bertz CT molecular complexity index is 655. The lowest BCUT2D eigenvalue weighted by Crippen LogP contribution is -2.49. The number of rotatable bonds is 5. The normalized spacial score (nSPS) is 17.6. The van der Waals surface area contributed by atoms with E-state index < -0.39 is 14.6 Å². The topological polar surface area (TPSA) is 73.8 Å². The van der Waals surface area contributed by atoms with Gasteiger partial charge in [0.1, 0.15) is 0 Å². The first-order valence-electron chi connectivity index (χ1n) is 8.71. The van der Waals surface area contributed by atoms with Gasteiger partial charge in [0.15, 0.2) is 15.8 Å². The van der Waals surface area contributed by atoms with Crippen LogP contribution in [0.5, 0.6) is 0 Å². The largest absolute Gasteiger partial charge is 0.363 e. The van der Waals surface area contributed by atoms with E-state index in [1.807, 2.05) is 0 Å². The van der Waals surface area contributed by atoms with Crippen LogP contribution in [0, 0.1) is 0 Å². The van der Waals surface area contributed by atoms with Crippen molar-refractivity contribution in [1.82, 2.24) is 10.6 Å². The van der Waals surface area contributed by atoms with Gasteiger partial charge in [0.05, 0.1) is 15.5 Å². The van der Waals surface area contributed by atoms with E-state index in [9.17, 15) is 8.42 Å². The van der Waals surface area contributed by atoms with Crippen molar-refractivity contribution in [2.75, 3.05) is 37.3 Å². The molecular formula is C17H30N4O2S2. The number of hydrogen-bond acceptors (Lipinski definition) is 5. The Balaban J connectivity index is 1.76. The zero-order valence-electron chi connectivity index (χ0n) is 15.6. The van der Waals surface area contributed by atoms with E-state index in [2.05, 4.69) is 38.0 Å². The van der Waals surface area contributed by atoms with Gasteiger partial charge in [-0.15, -0.1) is 11.3 Å². The second-order valence-corrected chi connectivity index (χ2v) is 11.1. The van der Waals surface area contributed by atoms with Crippen molar-refractivity contribution in [3.63, 3.8) is 0 Å². The fourth-order valence-corrected chi connectivity index (χ4v) is 4.46. The lowest BCUT2D eigenvalue weighted by Gasteiger charge is -2.33. The monoisotopic (exact) mass is 386 g/mol. The van der Waals surface area contributed by atoms with Crippen molar-refractivity contribution in [1.29, 1.82) is 0 Å². The average Bonchev–Trinajstić information content (AvgIpc) is 3.08. The second kappa shape index (κ2) is 8.40. The van der Waals surface area contributed by atoms with Crippen LogP contribution in [0.15, 0.2) is 22.5 Å². The molecule has 1 saturated heterocycles. The van der Waals surface area contributed by atoms with Crippen molar-refractivity contribution in [3.05, 3.63) is 17.5 Å². The summed E-state index contributed by atoms with van der Waals surface area (Å²) in [5.74, 6) is 0.785. The van der Waals surface area contributed by atoms with Crippen LogP contribution in [0.4, 0.5) is 5.00 Å². The standard InChI is InChI=1S/C17H30N4O2S2/c1-17(2,3)25(22,23)13-9-19-16(18-4)20-14-7-10-21(11-8-14)15-6-5-12-24-15/h5-6,12,14H,7-11,13H2,1-4H3,(H2,18,19,20). The number of piperidine rings is 1. The predicted octanol–water partition coefficient (Wildman–Crippen LogP) is 2.10. The highest BCUT2D eigenvalue weighted by atomic mass is 32.2. The molecule has 0 spiro atoms. The fraction of sp³-hybridized carbons (Fsp3) is 0.706. The summed E-state index contributed by atoms with van der Waals surface area (Å²) in [6, 6.07) is 4.61. The predicted molar refractivity (Wildman–Crippen MR) is 108 cm³/mol. The zero-order valence-corrected chi connectivity index (χ0v) is 17.2. The summed E-state index contributed by atoms with van der Waals surface area (Å²) in [6.07, 6.45) is 2.08. The Labute approximate surface area is 155 Å². The van der Waals surface area contributed by atoms with Gasteiger partial charge in [-0.1, -0.05) is 0 Å². The van der Waals surface area contributed by atoms with Crippen LogP contribution in [0.3, 0.4) is 0 Å². The molecule has 0 aliphatic carbocycles. The maximum Gasteiger partial charge on any atom is 0.191 e. The molecule has 142 valence electrons. The molecule has 0 radical (unpaired) electrons. The number of nitrogens with zero attached hydrogens (tertiary/aromatic N) is 2. The van der Waals surface area contributed by atoms with E-state index in [1.54, 1.807) is 39.2 Å². The molecule has 2 N–H and O–H groups in total. The van der Waals surface area contributed by atoms with Crippen molar-refractivity contribution in [3.8, 4) is 0 Å². The Kier molecular flexibility index (Phi) is 6.73. The highest BCUT2D eigenvalue weighted by Crippen LogP contribution is 2.24. The minimum Gasteiger partial charge on any atom is -0.363 e. The lowest BCUT2D eigenvalue weighted by molar-refractivity contribution is 0.463. The molecule has 0 aromatic carbocycles. The molecule has 25 heavy (non-hydrogen) atoms. The minimum atomic E-state index is -3.12. The molecule has 1 aromatic heterocycles. The number of hydrogen-bond donors (Lipinski definition) is 2. The van der Waals surface area contributed by atoms with Crippen molar-refractivity contribution in [2.45, 2.75) is 44.4 Å². The van der Waals surface area contributed by atoms with Crippen molar-refractivity contribution < 1.29 is 8.42 Å². The smallest absolute Gasteiger partial charge is 0.191 e. The van der Waals surface area contributed by atoms with Crippen LogP contribution in [-0.4, -0.2) is 57.6 Å². The van der Waals surface area contributed by atoms with E-state index in [-0.39, 0.29) is 5.75 Å². The molecule has 6 nitrogen and oxygen atoms in total. The van der Waals surface area contributed by atoms with Gasteiger partial charge in [-0.2, -0.15) is 0 Å². The summed E-state index contributed by atoms with van der Waals surface area (Å²) in [5, 5.41) is 9.98. The van der Waals surface area contributed by atoms with Crippen LogP contribution in [-0.2, 0) is 9.84 Å². The summed E-state index contributed by atoms with van der Waals surface area (Å²) in [5.41, 5.74) is 0. The highest BCUT2D eigenvalue weighted by Gasteiger charge is 2.28. The Hall–Kier alpha value is -1.28. The summed E-state index contributed by atoms with van der Waals surface area (Å²) in [7, 11) is -1.40. The molecule has 1 aliphatic heterocycles. The number of guanidine groups is 1. The molecule has 0 atom stereocenters. The number of thiophene rings is 1. The zero-order chi connectivity index (χ0) is 18.5. The lowest BCUT2D eigenvalue weighted by atomic mass is 10.1. The molecule has 2 rings (SSSR count). The van der Waals surface area contributed by atoms with Gasteiger partial charge in [0, 0.05) is 32.7 Å².